The number of carbonyl (C=O) groups excluding carboxylic acids is 1. The lowest BCUT2D eigenvalue weighted by atomic mass is 10.1. The molecule has 0 fully saturated rings. The van der Waals surface area contributed by atoms with E-state index in [1.54, 1.807) is 25.3 Å². The number of rotatable bonds is 6. The van der Waals surface area contributed by atoms with Gasteiger partial charge in [-0.05, 0) is 72.3 Å². The predicted octanol–water partition coefficient (Wildman–Crippen LogP) is 4.35. The first-order valence-corrected chi connectivity index (χ1v) is 10.3. The standard InChI is InChI=1S/C25H20FN3O4/c1-31-20-9-3-17(4-10-20)21-13-22(29(28-21)19-7-5-18(26)6-8-19)25(30)27-14-16-2-11-23-24(12-16)33-15-32-23/h2-13H,14-15H2,1H3,(H,27,30). The molecule has 0 saturated heterocycles. The number of ether oxygens (including phenoxy) is 3. The van der Waals surface area contributed by atoms with Gasteiger partial charge in [0.1, 0.15) is 17.3 Å². The molecule has 5 rings (SSSR count). The van der Waals surface area contributed by atoms with Gasteiger partial charge in [0, 0.05) is 12.1 Å². The first kappa shape index (κ1) is 20.6. The third-order valence-electron chi connectivity index (χ3n) is 5.29. The minimum Gasteiger partial charge on any atom is -0.497 e. The van der Waals surface area contributed by atoms with Crippen LogP contribution >= 0.6 is 0 Å². The van der Waals surface area contributed by atoms with Crippen LogP contribution in [0.25, 0.3) is 16.9 Å². The van der Waals surface area contributed by atoms with Crippen LogP contribution in [0.1, 0.15) is 16.1 Å². The molecule has 0 radical (unpaired) electrons. The molecule has 166 valence electrons. The van der Waals surface area contributed by atoms with Gasteiger partial charge in [-0.1, -0.05) is 6.07 Å². The Morgan fingerprint density at radius 3 is 2.55 bits per heavy atom. The summed E-state index contributed by atoms with van der Waals surface area (Å²) in [4.78, 5) is 13.1. The Bertz CT molecular complexity index is 1300. The van der Waals surface area contributed by atoms with Crippen molar-refractivity contribution in [1.82, 2.24) is 15.1 Å². The lowest BCUT2D eigenvalue weighted by Gasteiger charge is -2.09. The Balaban J connectivity index is 1.44. The van der Waals surface area contributed by atoms with Crippen LogP contribution in [0.3, 0.4) is 0 Å². The summed E-state index contributed by atoms with van der Waals surface area (Å²) in [6, 6.07) is 20.4. The van der Waals surface area contributed by atoms with Crippen LogP contribution in [0, 0.1) is 5.82 Å². The third-order valence-corrected chi connectivity index (χ3v) is 5.29. The molecular formula is C25H20FN3O4. The Morgan fingerprint density at radius 2 is 1.79 bits per heavy atom. The van der Waals surface area contributed by atoms with E-state index in [4.69, 9.17) is 14.2 Å². The molecule has 33 heavy (non-hydrogen) atoms. The fraction of sp³-hybridized carbons (Fsp3) is 0.120. The van der Waals surface area contributed by atoms with E-state index in [-0.39, 0.29) is 18.5 Å². The van der Waals surface area contributed by atoms with Gasteiger partial charge in [0.15, 0.2) is 11.5 Å². The Morgan fingerprint density at radius 1 is 1.03 bits per heavy atom. The van der Waals surface area contributed by atoms with Crippen molar-refractivity contribution in [2.24, 2.45) is 0 Å². The summed E-state index contributed by atoms with van der Waals surface area (Å²) in [6.45, 7) is 0.484. The maximum atomic E-state index is 13.5. The summed E-state index contributed by atoms with van der Waals surface area (Å²) in [6.07, 6.45) is 0. The maximum Gasteiger partial charge on any atom is 0.270 e. The third kappa shape index (κ3) is 4.23. The highest BCUT2D eigenvalue weighted by molar-refractivity contribution is 5.94. The van der Waals surface area contributed by atoms with E-state index in [9.17, 15) is 9.18 Å². The summed E-state index contributed by atoms with van der Waals surface area (Å²) in [7, 11) is 1.60. The molecule has 1 aliphatic rings. The summed E-state index contributed by atoms with van der Waals surface area (Å²) >= 11 is 0. The molecule has 8 heteroatoms. The quantitative estimate of drug-likeness (QED) is 0.478. The van der Waals surface area contributed by atoms with Gasteiger partial charge >= 0.3 is 0 Å². The number of fused-ring (bicyclic) bond motifs is 1. The number of amides is 1. The van der Waals surface area contributed by atoms with Crippen molar-refractivity contribution in [2.45, 2.75) is 6.54 Å². The van der Waals surface area contributed by atoms with Gasteiger partial charge in [-0.15, -0.1) is 0 Å². The molecule has 1 aliphatic heterocycles. The van der Waals surface area contributed by atoms with Gasteiger partial charge in [-0.3, -0.25) is 4.79 Å². The van der Waals surface area contributed by atoms with Crippen molar-refractivity contribution in [3.63, 3.8) is 0 Å². The average Bonchev–Trinajstić information content (AvgIpc) is 3.50. The van der Waals surface area contributed by atoms with E-state index in [0.717, 1.165) is 16.9 Å². The molecule has 4 aromatic rings. The fourth-order valence-corrected chi connectivity index (χ4v) is 3.55. The molecule has 3 aromatic carbocycles. The maximum absolute atomic E-state index is 13.5. The van der Waals surface area contributed by atoms with Crippen molar-refractivity contribution >= 4 is 5.91 Å². The van der Waals surface area contributed by atoms with Crippen LogP contribution in [0.4, 0.5) is 4.39 Å². The average molecular weight is 445 g/mol. The van der Waals surface area contributed by atoms with Gasteiger partial charge in [-0.25, -0.2) is 9.07 Å². The summed E-state index contributed by atoms with van der Waals surface area (Å²) in [5.41, 5.74) is 3.20. The number of hydrogen-bond acceptors (Lipinski definition) is 5. The Labute approximate surface area is 189 Å². The molecule has 0 aliphatic carbocycles. The number of nitrogens with zero attached hydrogens (tertiary/aromatic N) is 2. The van der Waals surface area contributed by atoms with Gasteiger partial charge in [0.2, 0.25) is 6.79 Å². The van der Waals surface area contributed by atoms with Crippen molar-refractivity contribution < 1.29 is 23.4 Å². The molecule has 2 heterocycles. The van der Waals surface area contributed by atoms with E-state index >= 15 is 0 Å². The van der Waals surface area contributed by atoms with Crippen LogP contribution < -0.4 is 19.5 Å². The molecule has 0 saturated carbocycles. The van der Waals surface area contributed by atoms with Crippen LogP contribution in [-0.4, -0.2) is 29.6 Å². The zero-order chi connectivity index (χ0) is 22.8. The topological polar surface area (TPSA) is 74.6 Å². The van der Waals surface area contributed by atoms with E-state index in [1.165, 1.54) is 16.8 Å². The number of carbonyl (C=O) groups is 1. The monoisotopic (exact) mass is 445 g/mol. The zero-order valence-corrected chi connectivity index (χ0v) is 17.7. The molecule has 0 atom stereocenters. The molecule has 0 spiro atoms. The van der Waals surface area contributed by atoms with E-state index in [2.05, 4.69) is 10.4 Å². The lowest BCUT2D eigenvalue weighted by molar-refractivity contribution is 0.0943. The summed E-state index contributed by atoms with van der Waals surface area (Å²) in [5.74, 6) is 1.38. The van der Waals surface area contributed by atoms with Crippen LogP contribution in [0.15, 0.2) is 72.8 Å². The van der Waals surface area contributed by atoms with Crippen LogP contribution in [0.2, 0.25) is 0 Å². The van der Waals surface area contributed by atoms with Gasteiger partial charge in [-0.2, -0.15) is 5.10 Å². The van der Waals surface area contributed by atoms with E-state index < -0.39 is 0 Å². The largest absolute Gasteiger partial charge is 0.497 e. The Kier molecular flexibility index (Phi) is 5.40. The smallest absolute Gasteiger partial charge is 0.270 e. The minimum absolute atomic E-state index is 0.191. The van der Waals surface area contributed by atoms with Crippen LogP contribution in [0.5, 0.6) is 17.2 Å². The Hall–Kier alpha value is -4.33. The second-order valence-corrected chi connectivity index (χ2v) is 7.40. The highest BCUT2D eigenvalue weighted by Gasteiger charge is 2.19. The number of nitrogens with one attached hydrogen (secondary N) is 1. The first-order valence-electron chi connectivity index (χ1n) is 10.3. The summed E-state index contributed by atoms with van der Waals surface area (Å²) in [5, 5.41) is 7.54. The van der Waals surface area contributed by atoms with E-state index in [1.807, 2.05) is 42.5 Å². The summed E-state index contributed by atoms with van der Waals surface area (Å²) < 4.78 is 30.9. The van der Waals surface area contributed by atoms with E-state index in [0.29, 0.717) is 35.1 Å². The highest BCUT2D eigenvalue weighted by atomic mass is 19.1. The first-order chi connectivity index (χ1) is 16.1. The van der Waals surface area contributed by atoms with Crippen molar-refractivity contribution in [1.29, 1.82) is 0 Å². The minimum atomic E-state index is -0.366. The molecule has 0 unspecified atom stereocenters. The van der Waals surface area contributed by atoms with Gasteiger partial charge in [0.25, 0.3) is 5.91 Å². The van der Waals surface area contributed by atoms with Crippen molar-refractivity contribution in [2.75, 3.05) is 13.9 Å². The molecule has 7 nitrogen and oxygen atoms in total. The van der Waals surface area contributed by atoms with Gasteiger partial charge < -0.3 is 19.5 Å². The lowest BCUT2D eigenvalue weighted by Crippen LogP contribution is -2.25. The highest BCUT2D eigenvalue weighted by Crippen LogP contribution is 2.32. The molecule has 1 aromatic heterocycles. The van der Waals surface area contributed by atoms with Gasteiger partial charge in [0.05, 0.1) is 18.5 Å². The normalized spacial score (nSPS) is 11.9. The second kappa shape index (κ2) is 8.66. The van der Waals surface area contributed by atoms with Crippen molar-refractivity contribution in [3.8, 4) is 34.2 Å². The second-order valence-electron chi connectivity index (χ2n) is 7.40. The predicted molar refractivity (Wildman–Crippen MR) is 119 cm³/mol. The van der Waals surface area contributed by atoms with Crippen molar-refractivity contribution in [3.05, 3.63) is 89.9 Å². The number of hydrogen-bond donors (Lipinski definition) is 1. The molecule has 0 bridgehead atoms. The number of methoxy groups -OCH3 is 1. The number of halogens is 1. The molecular weight excluding hydrogens is 425 g/mol. The fourth-order valence-electron chi connectivity index (χ4n) is 3.55. The number of aromatic nitrogens is 2. The van der Waals surface area contributed by atoms with Crippen LogP contribution in [-0.2, 0) is 6.54 Å². The molecule has 1 amide bonds. The number of benzene rings is 3. The zero-order valence-electron chi connectivity index (χ0n) is 17.7. The SMILES string of the molecule is COc1ccc(-c2cc(C(=O)NCc3ccc4c(c3)OCO4)n(-c3ccc(F)cc3)n2)cc1. The molecule has 1 N–H and O–H groups in total.